The predicted molar refractivity (Wildman–Crippen MR) is 119 cm³/mol. The molecule has 0 aliphatic heterocycles. The zero-order valence-corrected chi connectivity index (χ0v) is 19.0. The van der Waals surface area contributed by atoms with Gasteiger partial charge in [-0.25, -0.2) is 0 Å². The van der Waals surface area contributed by atoms with E-state index in [9.17, 15) is 5.26 Å². The highest BCUT2D eigenvalue weighted by molar-refractivity contribution is 9.09. The molecule has 0 aliphatic carbocycles. The summed E-state index contributed by atoms with van der Waals surface area (Å²) in [5.41, 5.74) is 1.67. The van der Waals surface area contributed by atoms with Gasteiger partial charge in [0.1, 0.15) is 17.6 Å². The van der Waals surface area contributed by atoms with Crippen molar-refractivity contribution in [3.8, 4) is 40.4 Å². The maximum Gasteiger partial charge on any atom is 0.258 e. The first-order valence-corrected chi connectivity index (χ1v) is 11.1. The molecular formula is C22H21BrClN3O3. The average Bonchev–Trinajstić information content (AvgIpc) is 3.21. The van der Waals surface area contributed by atoms with Gasteiger partial charge in [-0.15, -0.1) is 0 Å². The van der Waals surface area contributed by atoms with Gasteiger partial charge < -0.3 is 14.0 Å². The Morgan fingerprint density at radius 3 is 2.73 bits per heavy atom. The first kappa shape index (κ1) is 22.1. The monoisotopic (exact) mass is 489 g/mol. The van der Waals surface area contributed by atoms with Gasteiger partial charge in [-0.05, 0) is 63.1 Å². The minimum atomic E-state index is -0.0311. The second kappa shape index (κ2) is 10.5. The third kappa shape index (κ3) is 5.53. The molecule has 156 valence electrons. The van der Waals surface area contributed by atoms with Crippen LogP contribution in [0.5, 0.6) is 11.5 Å². The van der Waals surface area contributed by atoms with Crippen molar-refractivity contribution in [2.45, 2.75) is 32.8 Å². The van der Waals surface area contributed by atoms with Crippen molar-refractivity contribution in [1.29, 1.82) is 5.26 Å². The second-order valence-corrected chi connectivity index (χ2v) is 8.00. The molecule has 0 fully saturated rings. The van der Waals surface area contributed by atoms with Crippen LogP contribution in [0.15, 0.2) is 40.9 Å². The number of rotatable bonds is 9. The van der Waals surface area contributed by atoms with Crippen LogP contribution in [-0.2, 0) is 0 Å². The lowest BCUT2D eigenvalue weighted by atomic mass is 10.1. The van der Waals surface area contributed by atoms with E-state index in [0.29, 0.717) is 51.5 Å². The number of unbranched alkanes of at least 4 members (excludes halogenated alkanes) is 1. The number of ether oxygens (including phenoxy) is 2. The van der Waals surface area contributed by atoms with Gasteiger partial charge in [-0.2, -0.15) is 10.2 Å². The number of hydrogen-bond donors (Lipinski definition) is 0. The molecule has 0 unspecified atom stereocenters. The third-order valence-electron chi connectivity index (χ3n) is 4.11. The molecular weight excluding hydrogens is 470 g/mol. The smallest absolute Gasteiger partial charge is 0.258 e. The summed E-state index contributed by atoms with van der Waals surface area (Å²) in [6.45, 7) is 4.44. The molecule has 0 bridgehead atoms. The van der Waals surface area contributed by atoms with Crippen LogP contribution in [0.25, 0.3) is 22.8 Å². The van der Waals surface area contributed by atoms with Gasteiger partial charge in [0.05, 0.1) is 23.3 Å². The van der Waals surface area contributed by atoms with Crippen LogP contribution in [0, 0.1) is 11.3 Å². The summed E-state index contributed by atoms with van der Waals surface area (Å²) in [6, 6.07) is 12.7. The molecule has 2 aromatic carbocycles. The van der Waals surface area contributed by atoms with Crippen LogP contribution in [0.2, 0.25) is 5.02 Å². The molecule has 3 aromatic rings. The van der Waals surface area contributed by atoms with Crippen LogP contribution < -0.4 is 9.47 Å². The van der Waals surface area contributed by atoms with Gasteiger partial charge in [0.25, 0.3) is 5.89 Å². The van der Waals surface area contributed by atoms with E-state index < -0.39 is 0 Å². The Morgan fingerprint density at radius 2 is 2.03 bits per heavy atom. The minimum Gasteiger partial charge on any atom is -0.494 e. The average molecular weight is 491 g/mol. The van der Waals surface area contributed by atoms with Crippen molar-refractivity contribution in [3.63, 3.8) is 0 Å². The first-order chi connectivity index (χ1) is 14.5. The number of nitrogens with zero attached hydrogens (tertiary/aromatic N) is 3. The summed E-state index contributed by atoms with van der Waals surface area (Å²) in [5.74, 6) is 1.87. The highest BCUT2D eigenvalue weighted by Crippen LogP contribution is 2.32. The lowest BCUT2D eigenvalue weighted by molar-refractivity contribution is 0.241. The highest BCUT2D eigenvalue weighted by atomic mass is 79.9. The lowest BCUT2D eigenvalue weighted by Crippen LogP contribution is -2.06. The lowest BCUT2D eigenvalue weighted by Gasteiger charge is -2.11. The number of halogens is 2. The van der Waals surface area contributed by atoms with Crippen LogP contribution in [0.4, 0.5) is 0 Å². The fraction of sp³-hybridized carbons (Fsp3) is 0.318. The van der Waals surface area contributed by atoms with E-state index in [0.717, 1.165) is 18.2 Å². The number of alkyl halides is 1. The molecule has 1 heterocycles. The van der Waals surface area contributed by atoms with Gasteiger partial charge >= 0.3 is 0 Å². The molecule has 0 spiro atoms. The van der Waals surface area contributed by atoms with Crippen molar-refractivity contribution in [1.82, 2.24) is 10.1 Å². The van der Waals surface area contributed by atoms with Crippen LogP contribution in [0.1, 0.15) is 32.3 Å². The quantitative estimate of drug-likeness (QED) is 0.260. The Kier molecular flexibility index (Phi) is 7.72. The number of aromatic nitrogens is 2. The van der Waals surface area contributed by atoms with Gasteiger partial charge in [0.2, 0.25) is 5.82 Å². The highest BCUT2D eigenvalue weighted by Gasteiger charge is 2.16. The summed E-state index contributed by atoms with van der Waals surface area (Å²) in [7, 11) is 0. The van der Waals surface area contributed by atoms with Crippen LogP contribution in [-0.4, -0.2) is 28.2 Å². The van der Waals surface area contributed by atoms with Gasteiger partial charge in [0, 0.05) is 16.5 Å². The van der Waals surface area contributed by atoms with Gasteiger partial charge in [-0.3, -0.25) is 0 Å². The number of benzene rings is 2. The topological polar surface area (TPSA) is 81.2 Å². The first-order valence-electron chi connectivity index (χ1n) is 9.55. The molecule has 0 amide bonds. The van der Waals surface area contributed by atoms with Crippen molar-refractivity contribution in [2.24, 2.45) is 0 Å². The summed E-state index contributed by atoms with van der Waals surface area (Å²) in [5, 5.41) is 14.9. The van der Waals surface area contributed by atoms with Crippen molar-refractivity contribution < 1.29 is 14.0 Å². The summed E-state index contributed by atoms with van der Waals surface area (Å²) in [6.07, 6.45) is 1.98. The predicted octanol–water partition coefficient (Wildman–Crippen LogP) is 6.27. The van der Waals surface area contributed by atoms with Crippen molar-refractivity contribution in [2.75, 3.05) is 11.9 Å². The Balaban J connectivity index is 1.79. The largest absolute Gasteiger partial charge is 0.494 e. The molecule has 0 N–H and O–H groups in total. The second-order valence-electron chi connectivity index (χ2n) is 6.80. The number of nitriles is 1. The van der Waals surface area contributed by atoms with E-state index in [4.69, 9.17) is 25.6 Å². The summed E-state index contributed by atoms with van der Waals surface area (Å²) in [4.78, 5) is 4.44. The number of hydrogen-bond acceptors (Lipinski definition) is 6. The standard InChI is InChI=1S/C22H21BrClN3O3/c1-14(2)29-20-8-5-15(11-16(20)13-25)22-26-21(27-30-22)18-7-6-17(12-19(18)24)28-10-4-3-9-23/h5-8,11-12,14H,3-4,9-10H2,1-2H3. The summed E-state index contributed by atoms with van der Waals surface area (Å²) >= 11 is 9.81. The summed E-state index contributed by atoms with van der Waals surface area (Å²) < 4.78 is 16.8. The molecule has 0 aliphatic rings. The van der Waals surface area contributed by atoms with E-state index in [1.807, 2.05) is 19.9 Å². The normalized spacial score (nSPS) is 10.8. The zero-order chi connectivity index (χ0) is 21.5. The molecule has 3 rings (SSSR count). The Hall–Kier alpha value is -2.56. The fourth-order valence-corrected chi connectivity index (χ4v) is 3.36. The van der Waals surface area contributed by atoms with E-state index in [-0.39, 0.29) is 6.10 Å². The maximum atomic E-state index is 9.41. The van der Waals surface area contributed by atoms with E-state index in [1.165, 1.54) is 0 Å². The molecule has 30 heavy (non-hydrogen) atoms. The van der Waals surface area contributed by atoms with Gasteiger partial charge in [-0.1, -0.05) is 32.7 Å². The fourth-order valence-electron chi connectivity index (χ4n) is 2.71. The Labute approximate surface area is 188 Å². The van der Waals surface area contributed by atoms with E-state index >= 15 is 0 Å². The Morgan fingerprint density at radius 1 is 1.20 bits per heavy atom. The SMILES string of the molecule is CC(C)Oc1ccc(-c2nc(-c3ccc(OCCCCBr)cc3Cl)no2)cc1C#N. The molecule has 6 nitrogen and oxygen atoms in total. The van der Waals surface area contributed by atoms with E-state index in [1.54, 1.807) is 30.3 Å². The van der Waals surface area contributed by atoms with Crippen LogP contribution >= 0.6 is 27.5 Å². The molecule has 0 radical (unpaired) electrons. The Bertz CT molecular complexity index is 1050. The minimum absolute atomic E-state index is 0.0311. The molecule has 0 saturated heterocycles. The van der Waals surface area contributed by atoms with Crippen molar-refractivity contribution >= 4 is 27.5 Å². The van der Waals surface area contributed by atoms with Gasteiger partial charge in [0.15, 0.2) is 0 Å². The molecule has 1 aromatic heterocycles. The maximum absolute atomic E-state index is 9.41. The zero-order valence-electron chi connectivity index (χ0n) is 16.7. The third-order valence-corrected chi connectivity index (χ3v) is 4.99. The molecule has 0 saturated carbocycles. The molecule has 8 heteroatoms. The van der Waals surface area contributed by atoms with E-state index in [2.05, 4.69) is 32.1 Å². The van der Waals surface area contributed by atoms with Crippen LogP contribution in [0.3, 0.4) is 0 Å². The van der Waals surface area contributed by atoms with Crippen molar-refractivity contribution in [3.05, 3.63) is 47.0 Å². The molecule has 0 atom stereocenters.